The molecule has 0 bridgehead atoms. The zero-order valence-electron chi connectivity index (χ0n) is 15.1. The summed E-state index contributed by atoms with van der Waals surface area (Å²) in [6, 6.07) is 8.73. The van der Waals surface area contributed by atoms with Gasteiger partial charge in [0.05, 0.1) is 0 Å². The Bertz CT molecular complexity index is 650. The number of rotatable bonds is 5. The van der Waals surface area contributed by atoms with Gasteiger partial charge in [-0.05, 0) is 22.9 Å². The number of likely N-dealkylation sites (tertiary alicyclic amines) is 2. The van der Waals surface area contributed by atoms with Crippen LogP contribution in [0.3, 0.4) is 0 Å². The van der Waals surface area contributed by atoms with Crippen LogP contribution in [0.25, 0.3) is 0 Å². The highest BCUT2D eigenvalue weighted by molar-refractivity contribution is 7.10. The van der Waals surface area contributed by atoms with Crippen molar-refractivity contribution < 1.29 is 0 Å². The molecule has 0 atom stereocenters. The minimum atomic E-state index is 1.06. The Labute approximate surface area is 163 Å². The third-order valence-corrected chi connectivity index (χ3v) is 6.84. The summed E-state index contributed by atoms with van der Waals surface area (Å²) >= 11 is 3.70. The molecule has 2 aromatic heterocycles. The smallest absolute Gasteiger partial charge is 0.0431 e. The summed E-state index contributed by atoms with van der Waals surface area (Å²) in [6.07, 6.45) is 4.25. The van der Waals surface area contributed by atoms with E-state index in [1.165, 1.54) is 21.2 Å². The van der Waals surface area contributed by atoms with Gasteiger partial charge in [0.1, 0.15) is 0 Å². The third kappa shape index (κ3) is 5.10. The lowest BCUT2D eigenvalue weighted by atomic mass is 10.1. The quantitative estimate of drug-likeness (QED) is 0.709. The Morgan fingerprint density at radius 1 is 0.692 bits per heavy atom. The van der Waals surface area contributed by atoms with Crippen molar-refractivity contribution in [3.63, 3.8) is 0 Å². The highest BCUT2D eigenvalue weighted by Gasteiger charge is 2.17. The molecule has 0 aromatic carbocycles. The van der Waals surface area contributed by atoms with Crippen LogP contribution < -0.4 is 0 Å². The molecule has 2 aliphatic heterocycles. The fourth-order valence-corrected chi connectivity index (χ4v) is 5.02. The fourth-order valence-electron chi connectivity index (χ4n) is 3.53. The van der Waals surface area contributed by atoms with Crippen molar-refractivity contribution in [3.8, 4) is 0 Å². The average Bonchev–Trinajstić information content (AvgIpc) is 3.37. The number of hydrogen-bond acceptors (Lipinski definition) is 6. The lowest BCUT2D eigenvalue weighted by Gasteiger charge is -2.27. The summed E-state index contributed by atoms with van der Waals surface area (Å²) < 4.78 is 0. The van der Waals surface area contributed by atoms with Crippen molar-refractivity contribution in [2.45, 2.75) is 38.8 Å². The van der Waals surface area contributed by atoms with Crippen molar-refractivity contribution in [1.82, 2.24) is 9.80 Å². The van der Waals surface area contributed by atoms with E-state index in [9.17, 15) is 0 Å². The molecular weight excluding hydrogens is 360 g/mol. The minimum absolute atomic E-state index is 1.06. The molecule has 0 spiro atoms. The van der Waals surface area contributed by atoms with Crippen molar-refractivity contribution in [2.24, 2.45) is 10.2 Å². The van der Waals surface area contributed by atoms with E-state index in [0.29, 0.717) is 0 Å². The number of thiophene rings is 2. The van der Waals surface area contributed by atoms with E-state index < -0.39 is 0 Å². The van der Waals surface area contributed by atoms with Crippen LogP contribution in [0, 0.1) is 0 Å². The van der Waals surface area contributed by atoms with E-state index >= 15 is 0 Å². The summed E-state index contributed by atoms with van der Waals surface area (Å²) in [4.78, 5) is 7.97. The van der Waals surface area contributed by atoms with Gasteiger partial charge in [0, 0.05) is 86.1 Å². The molecule has 0 amide bonds. The first-order valence-electron chi connectivity index (χ1n) is 9.46. The molecule has 0 unspecified atom stereocenters. The Kier molecular flexibility index (Phi) is 6.27. The third-order valence-electron chi connectivity index (χ3n) is 5.12. The van der Waals surface area contributed by atoms with Gasteiger partial charge in [-0.15, -0.1) is 22.7 Å². The first-order valence-corrected chi connectivity index (χ1v) is 11.2. The van der Waals surface area contributed by atoms with Gasteiger partial charge in [-0.25, -0.2) is 0 Å². The van der Waals surface area contributed by atoms with Crippen molar-refractivity contribution in [2.75, 3.05) is 26.2 Å². The molecular formula is C20H26N4S2. The molecule has 0 radical (unpaired) electrons. The van der Waals surface area contributed by atoms with Gasteiger partial charge in [0.25, 0.3) is 0 Å². The average molecular weight is 387 g/mol. The maximum atomic E-state index is 4.60. The molecule has 4 nitrogen and oxygen atoms in total. The lowest BCUT2D eigenvalue weighted by Crippen LogP contribution is -2.34. The van der Waals surface area contributed by atoms with Crippen LogP contribution >= 0.6 is 22.7 Å². The van der Waals surface area contributed by atoms with Gasteiger partial charge in [0.2, 0.25) is 0 Å². The first-order chi connectivity index (χ1) is 12.8. The van der Waals surface area contributed by atoms with Crippen LogP contribution in [0.2, 0.25) is 0 Å². The van der Waals surface area contributed by atoms with Gasteiger partial charge in [-0.3, -0.25) is 9.80 Å². The number of nitrogens with zero attached hydrogens (tertiary/aromatic N) is 4. The summed E-state index contributed by atoms with van der Waals surface area (Å²) in [6.45, 7) is 6.60. The first kappa shape index (κ1) is 18.0. The van der Waals surface area contributed by atoms with Gasteiger partial charge in [-0.2, -0.15) is 10.2 Å². The van der Waals surface area contributed by atoms with Crippen LogP contribution in [-0.4, -0.2) is 47.4 Å². The second-order valence-corrected chi connectivity index (χ2v) is 9.11. The van der Waals surface area contributed by atoms with E-state index in [0.717, 1.165) is 65.0 Å². The highest BCUT2D eigenvalue weighted by atomic mass is 32.1. The van der Waals surface area contributed by atoms with E-state index in [4.69, 9.17) is 0 Å². The van der Waals surface area contributed by atoms with Crippen LogP contribution in [0.15, 0.2) is 45.2 Å². The van der Waals surface area contributed by atoms with Gasteiger partial charge < -0.3 is 0 Å². The monoisotopic (exact) mass is 386 g/mol. The second-order valence-electron chi connectivity index (χ2n) is 7.04. The molecule has 4 rings (SSSR count). The van der Waals surface area contributed by atoms with Gasteiger partial charge >= 0.3 is 0 Å². The minimum Gasteiger partial charge on any atom is -0.298 e. The fraction of sp³-hybridized carbons (Fsp3) is 0.500. The van der Waals surface area contributed by atoms with E-state index in [-0.39, 0.29) is 0 Å². The predicted molar refractivity (Wildman–Crippen MR) is 113 cm³/mol. The zero-order valence-corrected chi connectivity index (χ0v) is 16.8. The largest absolute Gasteiger partial charge is 0.298 e. The Morgan fingerprint density at radius 3 is 1.46 bits per heavy atom. The predicted octanol–water partition coefficient (Wildman–Crippen LogP) is 4.50. The van der Waals surface area contributed by atoms with Crippen LogP contribution in [-0.2, 0) is 13.1 Å². The molecule has 0 saturated carbocycles. The van der Waals surface area contributed by atoms with Crippen molar-refractivity contribution in [1.29, 1.82) is 0 Å². The molecule has 138 valence electrons. The Morgan fingerprint density at radius 2 is 1.12 bits per heavy atom. The Balaban J connectivity index is 1.21. The van der Waals surface area contributed by atoms with E-state index in [2.05, 4.69) is 55.0 Å². The molecule has 0 aliphatic carbocycles. The maximum Gasteiger partial charge on any atom is 0.0431 e. The summed E-state index contributed by atoms with van der Waals surface area (Å²) in [5.74, 6) is 0. The summed E-state index contributed by atoms with van der Waals surface area (Å²) in [5.41, 5.74) is 2.56. The second kappa shape index (κ2) is 9.04. The number of hydrogen-bond donors (Lipinski definition) is 0. The molecule has 0 N–H and O–H groups in total. The van der Waals surface area contributed by atoms with E-state index in [1.807, 2.05) is 22.7 Å². The van der Waals surface area contributed by atoms with Crippen LogP contribution in [0.5, 0.6) is 0 Å². The van der Waals surface area contributed by atoms with Gasteiger partial charge in [-0.1, -0.05) is 12.1 Å². The van der Waals surface area contributed by atoms with Crippen LogP contribution in [0.4, 0.5) is 0 Å². The molecule has 2 aromatic rings. The molecule has 4 heterocycles. The lowest BCUT2D eigenvalue weighted by molar-refractivity contribution is 0.267. The summed E-state index contributed by atoms with van der Waals surface area (Å²) in [7, 11) is 0. The Hall–Kier alpha value is -1.34. The highest BCUT2D eigenvalue weighted by Crippen LogP contribution is 2.17. The van der Waals surface area contributed by atoms with Crippen LogP contribution in [0.1, 0.15) is 35.4 Å². The molecule has 2 aliphatic rings. The topological polar surface area (TPSA) is 31.2 Å². The molecule has 2 saturated heterocycles. The zero-order chi connectivity index (χ0) is 17.6. The number of piperidine rings is 2. The standard InChI is InChI=1S/C20H26N4S2/c1-3-19(25-13-1)15-23-9-5-17(6-10-23)21-22-18-7-11-24(12-8-18)16-20-4-2-14-26-20/h1-4,13-14H,5-12,15-16H2. The van der Waals surface area contributed by atoms with Gasteiger partial charge in [0.15, 0.2) is 0 Å². The normalized spacial score (nSPS) is 19.7. The molecule has 2 fully saturated rings. The van der Waals surface area contributed by atoms with Crippen molar-refractivity contribution >= 4 is 34.1 Å². The summed E-state index contributed by atoms with van der Waals surface area (Å²) in [5, 5.41) is 13.5. The molecule has 6 heteroatoms. The molecule has 26 heavy (non-hydrogen) atoms. The SMILES string of the molecule is c1csc(CN2CCC(=NN=C3CCN(Cc4cccs4)CC3)CC2)c1. The maximum absolute atomic E-state index is 4.60. The van der Waals surface area contributed by atoms with E-state index in [1.54, 1.807) is 0 Å². The van der Waals surface area contributed by atoms with Crippen molar-refractivity contribution in [3.05, 3.63) is 44.8 Å².